The van der Waals surface area contributed by atoms with Crippen molar-refractivity contribution in [2.45, 2.75) is 84.0 Å². The number of ether oxygens (including phenoxy) is 2. The summed E-state index contributed by atoms with van der Waals surface area (Å²) in [6, 6.07) is 0.182. The van der Waals surface area contributed by atoms with Crippen molar-refractivity contribution in [1.82, 2.24) is 10.6 Å². The molecule has 24 heavy (non-hydrogen) atoms. The van der Waals surface area contributed by atoms with Gasteiger partial charge in [-0.15, -0.1) is 0 Å². The van der Waals surface area contributed by atoms with E-state index in [1.54, 1.807) is 27.7 Å². The molecule has 1 atom stereocenters. The van der Waals surface area contributed by atoms with Crippen molar-refractivity contribution in [1.29, 1.82) is 0 Å². The minimum Gasteiger partial charge on any atom is -0.452 e. The third-order valence-electron chi connectivity index (χ3n) is 3.63. The molecule has 0 spiro atoms. The van der Waals surface area contributed by atoms with Crippen LogP contribution in [0.25, 0.3) is 0 Å². The Labute approximate surface area is 143 Å². The molecule has 0 aromatic carbocycles. The highest BCUT2D eigenvalue weighted by molar-refractivity contribution is 5.83. The number of rotatable bonds is 6. The van der Waals surface area contributed by atoms with Gasteiger partial charge in [0.25, 0.3) is 5.91 Å². The molecule has 1 aliphatic carbocycles. The van der Waals surface area contributed by atoms with Gasteiger partial charge in [0, 0.05) is 12.6 Å². The van der Waals surface area contributed by atoms with Crippen LogP contribution in [-0.2, 0) is 19.1 Å². The third kappa shape index (κ3) is 8.74. The fraction of sp³-hybridized carbons (Fsp3) is 0.824. The molecule has 0 heterocycles. The summed E-state index contributed by atoms with van der Waals surface area (Å²) in [7, 11) is 0. The van der Waals surface area contributed by atoms with E-state index in [9.17, 15) is 14.4 Å². The molecule has 0 radical (unpaired) electrons. The van der Waals surface area contributed by atoms with Crippen molar-refractivity contribution in [2.75, 3.05) is 6.54 Å². The maximum Gasteiger partial charge on any atom is 0.407 e. The first-order valence-electron chi connectivity index (χ1n) is 8.64. The highest BCUT2D eigenvalue weighted by atomic mass is 16.6. The van der Waals surface area contributed by atoms with Gasteiger partial charge >= 0.3 is 12.1 Å². The smallest absolute Gasteiger partial charge is 0.407 e. The summed E-state index contributed by atoms with van der Waals surface area (Å²) in [5.74, 6) is -0.798. The molecule has 7 nitrogen and oxygen atoms in total. The Morgan fingerprint density at radius 1 is 1.12 bits per heavy atom. The molecule has 7 heteroatoms. The van der Waals surface area contributed by atoms with E-state index < -0.39 is 23.8 Å². The van der Waals surface area contributed by atoms with Crippen LogP contribution in [0.2, 0.25) is 0 Å². The number of carbonyl (C=O) groups excluding carboxylic acids is 3. The van der Waals surface area contributed by atoms with Crippen molar-refractivity contribution in [2.24, 2.45) is 0 Å². The standard InChI is InChI=1S/C17H30N2O5/c1-12(15(21)19-13-8-6-5-7-9-13)23-14(20)10-11-18-16(22)24-17(2,3)4/h12-13H,5-11H2,1-4H3,(H,18,22)(H,19,21). The quantitative estimate of drug-likeness (QED) is 0.722. The van der Waals surface area contributed by atoms with Gasteiger partial charge in [0.2, 0.25) is 0 Å². The zero-order valence-electron chi connectivity index (χ0n) is 15.1. The van der Waals surface area contributed by atoms with E-state index in [-0.39, 0.29) is 24.9 Å². The lowest BCUT2D eigenvalue weighted by Gasteiger charge is -2.24. The lowest BCUT2D eigenvalue weighted by atomic mass is 9.95. The topological polar surface area (TPSA) is 93.7 Å². The molecule has 0 saturated heterocycles. The lowest BCUT2D eigenvalue weighted by molar-refractivity contribution is -0.155. The first-order chi connectivity index (χ1) is 11.2. The predicted octanol–water partition coefficient (Wildman–Crippen LogP) is 2.28. The van der Waals surface area contributed by atoms with Crippen molar-refractivity contribution < 1.29 is 23.9 Å². The van der Waals surface area contributed by atoms with Gasteiger partial charge in [-0.2, -0.15) is 0 Å². The summed E-state index contributed by atoms with van der Waals surface area (Å²) in [4.78, 5) is 35.2. The molecule has 0 bridgehead atoms. The summed E-state index contributed by atoms with van der Waals surface area (Å²) >= 11 is 0. The number of hydrogen-bond donors (Lipinski definition) is 2. The van der Waals surface area contributed by atoms with Crippen LogP contribution in [0.5, 0.6) is 0 Å². The van der Waals surface area contributed by atoms with Crippen LogP contribution in [0.1, 0.15) is 66.2 Å². The molecular weight excluding hydrogens is 312 g/mol. The van der Waals surface area contributed by atoms with E-state index >= 15 is 0 Å². The Morgan fingerprint density at radius 2 is 1.75 bits per heavy atom. The molecule has 1 saturated carbocycles. The van der Waals surface area contributed by atoms with E-state index in [4.69, 9.17) is 9.47 Å². The van der Waals surface area contributed by atoms with Crippen molar-refractivity contribution in [3.05, 3.63) is 0 Å². The van der Waals surface area contributed by atoms with Gasteiger partial charge in [-0.3, -0.25) is 9.59 Å². The molecule has 1 aliphatic rings. The number of nitrogens with one attached hydrogen (secondary N) is 2. The van der Waals surface area contributed by atoms with Crippen LogP contribution in [0.3, 0.4) is 0 Å². The first-order valence-corrected chi connectivity index (χ1v) is 8.64. The number of amides is 2. The second kappa shape index (κ2) is 9.49. The van der Waals surface area contributed by atoms with Crippen LogP contribution < -0.4 is 10.6 Å². The van der Waals surface area contributed by atoms with Gasteiger partial charge in [0.15, 0.2) is 6.10 Å². The predicted molar refractivity (Wildman–Crippen MR) is 89.4 cm³/mol. The summed E-state index contributed by atoms with van der Waals surface area (Å²) in [6.07, 6.45) is 3.98. The Balaban J connectivity index is 2.21. The zero-order valence-corrected chi connectivity index (χ0v) is 15.1. The summed E-state index contributed by atoms with van der Waals surface area (Å²) in [5.41, 5.74) is -0.587. The first kappa shape index (κ1) is 20.3. The number of carbonyl (C=O) groups is 3. The molecular formula is C17H30N2O5. The minimum atomic E-state index is -0.832. The lowest BCUT2D eigenvalue weighted by Crippen LogP contribution is -2.43. The van der Waals surface area contributed by atoms with E-state index in [2.05, 4.69) is 10.6 Å². The normalized spacial score (nSPS) is 16.8. The van der Waals surface area contributed by atoms with Crippen LogP contribution in [0, 0.1) is 0 Å². The number of hydrogen-bond acceptors (Lipinski definition) is 5. The average Bonchev–Trinajstić information content (AvgIpc) is 2.46. The van der Waals surface area contributed by atoms with Gasteiger partial charge < -0.3 is 20.1 Å². The maximum absolute atomic E-state index is 12.0. The van der Waals surface area contributed by atoms with Crippen LogP contribution >= 0.6 is 0 Å². The van der Waals surface area contributed by atoms with Gasteiger partial charge in [-0.05, 0) is 40.5 Å². The van der Waals surface area contributed by atoms with Crippen LogP contribution in [-0.4, -0.2) is 42.3 Å². The highest BCUT2D eigenvalue weighted by Crippen LogP contribution is 2.17. The van der Waals surface area contributed by atoms with Gasteiger partial charge in [0.05, 0.1) is 6.42 Å². The van der Waals surface area contributed by atoms with Crippen LogP contribution in [0.4, 0.5) is 4.79 Å². The zero-order chi connectivity index (χ0) is 18.2. The molecule has 2 N–H and O–H groups in total. The van der Waals surface area contributed by atoms with Gasteiger partial charge in [-0.25, -0.2) is 4.79 Å². The van der Waals surface area contributed by atoms with E-state index in [1.165, 1.54) is 6.42 Å². The molecule has 138 valence electrons. The third-order valence-corrected chi connectivity index (χ3v) is 3.63. The maximum atomic E-state index is 12.0. The van der Waals surface area contributed by atoms with Crippen molar-refractivity contribution in [3.8, 4) is 0 Å². The fourth-order valence-corrected chi connectivity index (χ4v) is 2.46. The molecule has 0 aromatic heterocycles. The summed E-state index contributed by atoms with van der Waals surface area (Å²) < 4.78 is 10.2. The van der Waals surface area contributed by atoms with E-state index in [0.29, 0.717) is 0 Å². The average molecular weight is 342 g/mol. The fourth-order valence-electron chi connectivity index (χ4n) is 2.46. The Bertz CT molecular complexity index is 439. The number of alkyl carbamates (subject to hydrolysis) is 1. The molecule has 0 aromatic rings. The Kier molecular flexibility index (Phi) is 8.01. The van der Waals surface area contributed by atoms with Crippen molar-refractivity contribution >= 4 is 18.0 Å². The van der Waals surface area contributed by atoms with Crippen molar-refractivity contribution in [3.63, 3.8) is 0 Å². The second-order valence-electron chi connectivity index (χ2n) is 7.15. The highest BCUT2D eigenvalue weighted by Gasteiger charge is 2.22. The Morgan fingerprint density at radius 3 is 2.33 bits per heavy atom. The Hall–Kier alpha value is -1.79. The molecule has 0 aliphatic heterocycles. The molecule has 1 fully saturated rings. The SMILES string of the molecule is CC(OC(=O)CCNC(=O)OC(C)(C)C)C(=O)NC1CCCCC1. The molecule has 2 amide bonds. The van der Waals surface area contributed by atoms with E-state index in [0.717, 1.165) is 25.7 Å². The van der Waals surface area contributed by atoms with Crippen LogP contribution in [0.15, 0.2) is 0 Å². The second-order valence-corrected chi connectivity index (χ2v) is 7.15. The number of esters is 1. The van der Waals surface area contributed by atoms with Gasteiger partial charge in [0.1, 0.15) is 5.60 Å². The largest absolute Gasteiger partial charge is 0.452 e. The minimum absolute atomic E-state index is 0.0136. The molecule has 1 unspecified atom stereocenters. The van der Waals surface area contributed by atoms with E-state index in [1.807, 2.05) is 0 Å². The summed E-state index contributed by atoms with van der Waals surface area (Å²) in [6.45, 7) is 6.93. The molecule has 1 rings (SSSR count). The summed E-state index contributed by atoms with van der Waals surface area (Å²) in [5, 5.41) is 5.39. The van der Waals surface area contributed by atoms with Gasteiger partial charge in [-0.1, -0.05) is 19.3 Å². The monoisotopic (exact) mass is 342 g/mol.